The molecular weight excluding hydrogens is 474 g/mol. The molecule has 0 spiro atoms. The van der Waals surface area contributed by atoms with E-state index in [1.54, 1.807) is 73.7 Å². The van der Waals surface area contributed by atoms with Crippen LogP contribution in [0.25, 0.3) is 0 Å². The Hall–Kier alpha value is -4.37. The van der Waals surface area contributed by atoms with E-state index in [2.05, 4.69) is 15.8 Å². The summed E-state index contributed by atoms with van der Waals surface area (Å²) in [6.45, 7) is 2.11. The zero-order valence-electron chi connectivity index (χ0n) is 18.9. The number of nitrogens with zero attached hydrogens (tertiary/aromatic N) is 1. The van der Waals surface area contributed by atoms with E-state index < -0.39 is 17.8 Å². The van der Waals surface area contributed by atoms with Gasteiger partial charge < -0.3 is 19.5 Å². The van der Waals surface area contributed by atoms with Gasteiger partial charge in [-0.3, -0.25) is 9.59 Å². The quantitative estimate of drug-likeness (QED) is 0.160. The molecule has 0 bridgehead atoms. The Morgan fingerprint density at radius 3 is 2.31 bits per heavy atom. The van der Waals surface area contributed by atoms with Crippen molar-refractivity contribution in [1.82, 2.24) is 5.43 Å². The summed E-state index contributed by atoms with van der Waals surface area (Å²) in [5.41, 5.74) is 3.45. The smallest absolute Gasteiger partial charge is 0.343 e. The van der Waals surface area contributed by atoms with E-state index in [4.69, 9.17) is 25.8 Å². The Bertz CT molecular complexity index is 1230. The predicted molar refractivity (Wildman–Crippen MR) is 131 cm³/mol. The Balaban J connectivity index is 1.61. The number of anilines is 1. The van der Waals surface area contributed by atoms with Crippen molar-refractivity contribution in [3.8, 4) is 17.2 Å². The highest BCUT2D eigenvalue weighted by molar-refractivity contribution is 6.39. The molecule has 2 N–H and O–H groups in total. The molecule has 0 aliphatic heterocycles. The summed E-state index contributed by atoms with van der Waals surface area (Å²) >= 11 is 5.85. The average Bonchev–Trinajstić information content (AvgIpc) is 2.86. The number of rotatable bonds is 8. The van der Waals surface area contributed by atoms with E-state index >= 15 is 0 Å². The highest BCUT2D eigenvalue weighted by atomic mass is 35.5. The van der Waals surface area contributed by atoms with E-state index in [1.807, 2.05) is 0 Å². The highest BCUT2D eigenvalue weighted by Crippen LogP contribution is 2.29. The minimum Gasteiger partial charge on any atom is -0.497 e. The molecule has 35 heavy (non-hydrogen) atoms. The third-order valence-corrected chi connectivity index (χ3v) is 4.74. The minimum absolute atomic E-state index is 0.215. The van der Waals surface area contributed by atoms with Crippen molar-refractivity contribution in [3.63, 3.8) is 0 Å². The summed E-state index contributed by atoms with van der Waals surface area (Å²) in [6, 6.07) is 17.5. The summed E-state index contributed by atoms with van der Waals surface area (Å²) in [7, 11) is 1.53. The zero-order chi connectivity index (χ0) is 25.2. The molecule has 0 aliphatic rings. The van der Waals surface area contributed by atoms with Crippen LogP contribution in [-0.4, -0.2) is 37.7 Å². The van der Waals surface area contributed by atoms with Crippen LogP contribution >= 0.6 is 11.6 Å². The Morgan fingerprint density at radius 1 is 0.943 bits per heavy atom. The molecule has 0 radical (unpaired) electrons. The molecule has 0 unspecified atom stereocenters. The Kier molecular flexibility index (Phi) is 8.80. The van der Waals surface area contributed by atoms with E-state index in [9.17, 15) is 14.4 Å². The summed E-state index contributed by atoms with van der Waals surface area (Å²) in [5, 5.41) is 6.76. The first-order valence-electron chi connectivity index (χ1n) is 10.4. The lowest BCUT2D eigenvalue weighted by atomic mass is 10.2. The van der Waals surface area contributed by atoms with Gasteiger partial charge in [0.05, 0.1) is 25.5 Å². The van der Waals surface area contributed by atoms with Crippen molar-refractivity contribution in [3.05, 3.63) is 82.9 Å². The van der Waals surface area contributed by atoms with E-state index in [0.717, 1.165) is 0 Å². The number of nitrogens with one attached hydrogen (secondary N) is 2. The molecule has 180 valence electrons. The highest BCUT2D eigenvalue weighted by Gasteiger charge is 2.14. The maximum atomic E-state index is 12.4. The lowest BCUT2D eigenvalue weighted by molar-refractivity contribution is -0.136. The first kappa shape index (κ1) is 25.3. The third kappa shape index (κ3) is 7.31. The maximum absolute atomic E-state index is 12.4. The van der Waals surface area contributed by atoms with Crippen LogP contribution in [0, 0.1) is 0 Å². The normalized spacial score (nSPS) is 10.5. The van der Waals surface area contributed by atoms with Crippen molar-refractivity contribution in [2.75, 3.05) is 19.0 Å². The van der Waals surface area contributed by atoms with E-state index in [-0.39, 0.29) is 5.75 Å². The molecule has 3 aromatic rings. The van der Waals surface area contributed by atoms with Crippen molar-refractivity contribution >= 4 is 41.3 Å². The van der Waals surface area contributed by atoms with Gasteiger partial charge in [-0.2, -0.15) is 5.10 Å². The molecule has 10 heteroatoms. The van der Waals surface area contributed by atoms with Gasteiger partial charge >= 0.3 is 17.8 Å². The number of esters is 1. The number of hydrazone groups is 1. The maximum Gasteiger partial charge on any atom is 0.343 e. The zero-order valence-corrected chi connectivity index (χ0v) is 19.7. The summed E-state index contributed by atoms with van der Waals surface area (Å²) in [6.07, 6.45) is 1.33. The van der Waals surface area contributed by atoms with Gasteiger partial charge in [-0.15, -0.1) is 0 Å². The van der Waals surface area contributed by atoms with Crippen LogP contribution in [0.5, 0.6) is 17.2 Å². The van der Waals surface area contributed by atoms with Crippen molar-refractivity contribution in [2.24, 2.45) is 5.10 Å². The van der Waals surface area contributed by atoms with Crippen LogP contribution in [0.15, 0.2) is 71.8 Å². The van der Waals surface area contributed by atoms with Gasteiger partial charge in [0.15, 0.2) is 11.5 Å². The van der Waals surface area contributed by atoms with Crippen LogP contribution in [0.2, 0.25) is 5.02 Å². The van der Waals surface area contributed by atoms with Crippen LogP contribution in [0.3, 0.4) is 0 Å². The van der Waals surface area contributed by atoms with Gasteiger partial charge in [0, 0.05) is 10.7 Å². The Morgan fingerprint density at radius 2 is 1.66 bits per heavy atom. The van der Waals surface area contributed by atoms with Gasteiger partial charge in [0.2, 0.25) is 0 Å². The van der Waals surface area contributed by atoms with Gasteiger partial charge in [0.1, 0.15) is 5.75 Å². The molecule has 0 saturated carbocycles. The first-order chi connectivity index (χ1) is 16.9. The second kappa shape index (κ2) is 12.2. The number of carbonyl (C=O) groups excluding carboxylic acids is 3. The summed E-state index contributed by atoms with van der Waals surface area (Å²) in [4.78, 5) is 36.4. The minimum atomic E-state index is -0.949. The molecule has 0 fully saturated rings. The monoisotopic (exact) mass is 495 g/mol. The van der Waals surface area contributed by atoms with Crippen LogP contribution in [-0.2, 0) is 9.59 Å². The van der Waals surface area contributed by atoms with Gasteiger partial charge in [-0.1, -0.05) is 11.6 Å². The van der Waals surface area contributed by atoms with Crippen LogP contribution in [0.4, 0.5) is 5.69 Å². The molecule has 9 nitrogen and oxygen atoms in total. The second-order valence-electron chi connectivity index (χ2n) is 6.92. The standard InChI is InChI=1S/C25H22ClN3O6/c1-3-34-22-14-16(4-13-21(22)35-25(32)17-5-7-18(26)8-6-17)15-27-29-24(31)23(30)28-19-9-11-20(33-2)12-10-19/h4-15H,3H2,1-2H3,(H,28,30)(H,29,31)/b27-15-. The van der Waals surface area contributed by atoms with Gasteiger partial charge in [0.25, 0.3) is 0 Å². The number of benzene rings is 3. The fraction of sp³-hybridized carbons (Fsp3) is 0.120. The summed E-state index contributed by atoms with van der Waals surface area (Å²) in [5.74, 6) is -1.26. The number of amides is 2. The molecule has 0 saturated heterocycles. The molecule has 2 amide bonds. The number of halogens is 1. The third-order valence-electron chi connectivity index (χ3n) is 4.48. The molecule has 0 aromatic heterocycles. The topological polar surface area (TPSA) is 115 Å². The molecular formula is C25H22ClN3O6. The first-order valence-corrected chi connectivity index (χ1v) is 10.8. The number of methoxy groups -OCH3 is 1. The lowest BCUT2D eigenvalue weighted by Gasteiger charge is -2.11. The fourth-order valence-corrected chi connectivity index (χ4v) is 2.91. The van der Waals surface area contributed by atoms with Crippen molar-refractivity contribution < 1.29 is 28.6 Å². The number of hydrogen-bond donors (Lipinski definition) is 2. The van der Waals surface area contributed by atoms with Crippen molar-refractivity contribution in [1.29, 1.82) is 0 Å². The predicted octanol–water partition coefficient (Wildman–Crippen LogP) is 4.06. The number of hydrogen-bond acceptors (Lipinski definition) is 7. The van der Waals surface area contributed by atoms with Gasteiger partial charge in [-0.05, 0) is 79.2 Å². The van der Waals surface area contributed by atoms with E-state index in [0.29, 0.717) is 39.9 Å². The molecule has 0 atom stereocenters. The Labute approximate surface area is 206 Å². The molecule has 0 heterocycles. The largest absolute Gasteiger partial charge is 0.497 e. The fourth-order valence-electron chi connectivity index (χ4n) is 2.78. The number of carbonyl (C=O) groups is 3. The van der Waals surface area contributed by atoms with Crippen LogP contribution < -0.4 is 25.0 Å². The number of ether oxygens (including phenoxy) is 3. The molecule has 3 aromatic carbocycles. The second-order valence-corrected chi connectivity index (χ2v) is 7.35. The van der Waals surface area contributed by atoms with Crippen LogP contribution in [0.1, 0.15) is 22.8 Å². The van der Waals surface area contributed by atoms with Gasteiger partial charge in [-0.25, -0.2) is 10.2 Å². The van der Waals surface area contributed by atoms with E-state index in [1.165, 1.54) is 13.3 Å². The molecule has 3 rings (SSSR count). The van der Waals surface area contributed by atoms with Crippen molar-refractivity contribution in [2.45, 2.75) is 6.92 Å². The average molecular weight is 496 g/mol. The summed E-state index contributed by atoms with van der Waals surface area (Å²) < 4.78 is 16.0. The lowest BCUT2D eigenvalue weighted by Crippen LogP contribution is -2.32. The SMILES string of the molecule is CCOc1cc(/C=N\NC(=O)C(=O)Nc2ccc(OC)cc2)ccc1OC(=O)c1ccc(Cl)cc1. The molecule has 0 aliphatic carbocycles.